The summed E-state index contributed by atoms with van der Waals surface area (Å²) in [6, 6.07) is 0. The first-order valence-corrected chi connectivity index (χ1v) is 5.58. The van der Waals surface area contributed by atoms with E-state index in [1.165, 1.54) is 0 Å². The van der Waals surface area contributed by atoms with Gasteiger partial charge in [0.15, 0.2) is 0 Å². The highest BCUT2D eigenvalue weighted by Gasteiger charge is 1.99. The van der Waals surface area contributed by atoms with Crippen LogP contribution in [0.4, 0.5) is 5.82 Å². The van der Waals surface area contributed by atoms with E-state index in [2.05, 4.69) is 34.2 Å². The molecule has 5 nitrogen and oxygen atoms in total. The summed E-state index contributed by atoms with van der Waals surface area (Å²) in [7, 11) is 2.07. The Hall–Kier alpha value is -1.27. The molecule has 1 aromatic rings. The summed E-state index contributed by atoms with van der Waals surface area (Å²) >= 11 is 4.79. The van der Waals surface area contributed by atoms with E-state index in [0.717, 1.165) is 25.5 Å². The summed E-state index contributed by atoms with van der Waals surface area (Å²) in [4.78, 5) is 10.7. The minimum atomic E-state index is 0.268. The Morgan fingerprint density at radius 1 is 1.50 bits per heavy atom. The zero-order valence-corrected chi connectivity index (χ0v) is 10.4. The Kier molecular flexibility index (Phi) is 5.07. The lowest BCUT2D eigenvalue weighted by Crippen LogP contribution is -2.25. The average molecular weight is 239 g/mol. The fourth-order valence-electron chi connectivity index (χ4n) is 1.08. The zero-order chi connectivity index (χ0) is 12.0. The molecule has 0 aliphatic rings. The molecule has 0 spiro atoms. The molecule has 1 heterocycles. The average Bonchev–Trinajstić information content (AvgIpc) is 2.29. The third-order valence-electron chi connectivity index (χ3n) is 2.24. The number of nitrogens with two attached hydrogens (primary N) is 1. The van der Waals surface area contributed by atoms with Crippen molar-refractivity contribution < 1.29 is 0 Å². The van der Waals surface area contributed by atoms with Crippen LogP contribution in [0.25, 0.3) is 0 Å². The predicted octanol–water partition coefficient (Wildman–Crippen LogP) is 0.474. The minimum absolute atomic E-state index is 0.268. The number of aromatic nitrogens is 2. The molecule has 6 heteroatoms. The maximum Gasteiger partial charge on any atom is 0.144 e. The molecule has 0 aliphatic heterocycles. The predicted molar refractivity (Wildman–Crippen MR) is 69.6 cm³/mol. The molecule has 0 atom stereocenters. The van der Waals surface area contributed by atoms with E-state index in [9.17, 15) is 0 Å². The largest absolute Gasteiger partial charge is 0.388 e. The summed E-state index contributed by atoms with van der Waals surface area (Å²) < 4.78 is 0. The SMILES string of the molecule is CCN(C)CCNc1cnc(C(N)=S)cn1. The zero-order valence-electron chi connectivity index (χ0n) is 9.60. The second-order valence-electron chi connectivity index (χ2n) is 3.47. The summed E-state index contributed by atoms with van der Waals surface area (Å²) in [6.07, 6.45) is 3.22. The van der Waals surface area contributed by atoms with Crippen molar-refractivity contribution in [1.82, 2.24) is 14.9 Å². The summed E-state index contributed by atoms with van der Waals surface area (Å²) in [5.74, 6) is 0.740. The molecule has 0 aromatic carbocycles. The highest BCUT2D eigenvalue weighted by molar-refractivity contribution is 7.80. The molecule has 0 radical (unpaired) electrons. The topological polar surface area (TPSA) is 67.1 Å². The van der Waals surface area contributed by atoms with Gasteiger partial charge in [0.05, 0.1) is 12.4 Å². The highest BCUT2D eigenvalue weighted by atomic mass is 32.1. The molecule has 88 valence electrons. The number of nitrogens with one attached hydrogen (secondary N) is 1. The van der Waals surface area contributed by atoms with Crippen molar-refractivity contribution in [2.45, 2.75) is 6.92 Å². The number of anilines is 1. The molecule has 0 amide bonds. The van der Waals surface area contributed by atoms with E-state index in [1.54, 1.807) is 12.4 Å². The smallest absolute Gasteiger partial charge is 0.144 e. The van der Waals surface area contributed by atoms with Crippen LogP contribution in [0, 0.1) is 0 Å². The standard InChI is InChI=1S/C10H17N5S/c1-3-15(2)5-4-12-9-7-13-8(6-14-9)10(11)16/h6-7H,3-5H2,1-2H3,(H2,11,16)(H,12,14). The van der Waals surface area contributed by atoms with E-state index in [1.807, 2.05) is 0 Å². The van der Waals surface area contributed by atoms with Gasteiger partial charge in [-0.1, -0.05) is 19.1 Å². The van der Waals surface area contributed by atoms with Gasteiger partial charge in [-0.15, -0.1) is 0 Å². The number of hydrogen-bond acceptors (Lipinski definition) is 5. The van der Waals surface area contributed by atoms with Gasteiger partial charge in [0.2, 0.25) is 0 Å². The van der Waals surface area contributed by atoms with E-state index >= 15 is 0 Å². The van der Waals surface area contributed by atoms with Crippen LogP contribution in [0.15, 0.2) is 12.4 Å². The van der Waals surface area contributed by atoms with Crippen molar-refractivity contribution in [2.75, 3.05) is 32.0 Å². The molecule has 16 heavy (non-hydrogen) atoms. The molecule has 0 unspecified atom stereocenters. The monoisotopic (exact) mass is 239 g/mol. The van der Waals surface area contributed by atoms with Gasteiger partial charge in [-0.3, -0.25) is 0 Å². The van der Waals surface area contributed by atoms with E-state index < -0.39 is 0 Å². The van der Waals surface area contributed by atoms with Crippen LogP contribution >= 0.6 is 12.2 Å². The molecule has 0 saturated heterocycles. The summed E-state index contributed by atoms with van der Waals surface area (Å²) in [5, 5.41) is 3.18. The van der Waals surface area contributed by atoms with Crippen molar-refractivity contribution >= 4 is 23.0 Å². The van der Waals surface area contributed by atoms with Crippen molar-refractivity contribution in [3.63, 3.8) is 0 Å². The van der Waals surface area contributed by atoms with Crippen LogP contribution in [0.2, 0.25) is 0 Å². The summed E-state index contributed by atoms with van der Waals surface area (Å²) in [5.41, 5.74) is 5.97. The lowest BCUT2D eigenvalue weighted by Gasteiger charge is -2.14. The Morgan fingerprint density at radius 2 is 2.25 bits per heavy atom. The molecule has 0 aliphatic carbocycles. The van der Waals surface area contributed by atoms with Gasteiger partial charge in [0, 0.05) is 13.1 Å². The Morgan fingerprint density at radius 3 is 2.75 bits per heavy atom. The van der Waals surface area contributed by atoms with Crippen LogP contribution < -0.4 is 11.1 Å². The molecular formula is C10H17N5S. The fourth-order valence-corrected chi connectivity index (χ4v) is 1.18. The lowest BCUT2D eigenvalue weighted by molar-refractivity contribution is 0.367. The van der Waals surface area contributed by atoms with Gasteiger partial charge in [-0.2, -0.15) is 0 Å². The first-order valence-electron chi connectivity index (χ1n) is 5.17. The highest BCUT2D eigenvalue weighted by Crippen LogP contribution is 2.00. The van der Waals surface area contributed by atoms with Crippen molar-refractivity contribution in [2.24, 2.45) is 5.73 Å². The van der Waals surface area contributed by atoms with Gasteiger partial charge in [0.1, 0.15) is 16.5 Å². The molecule has 0 saturated carbocycles. The van der Waals surface area contributed by atoms with Crippen LogP contribution in [-0.4, -0.2) is 46.5 Å². The van der Waals surface area contributed by atoms with Gasteiger partial charge in [0.25, 0.3) is 0 Å². The van der Waals surface area contributed by atoms with Gasteiger partial charge >= 0.3 is 0 Å². The van der Waals surface area contributed by atoms with E-state index in [4.69, 9.17) is 18.0 Å². The van der Waals surface area contributed by atoms with Crippen molar-refractivity contribution in [3.8, 4) is 0 Å². The molecule has 0 fully saturated rings. The number of nitrogens with zero attached hydrogens (tertiary/aromatic N) is 3. The van der Waals surface area contributed by atoms with Crippen LogP contribution in [-0.2, 0) is 0 Å². The third kappa shape index (κ3) is 4.08. The molecule has 1 rings (SSSR count). The van der Waals surface area contributed by atoms with Gasteiger partial charge < -0.3 is 16.0 Å². The number of hydrogen-bond donors (Lipinski definition) is 2. The first kappa shape index (κ1) is 12.8. The molecule has 1 aromatic heterocycles. The lowest BCUT2D eigenvalue weighted by atomic mass is 10.4. The quantitative estimate of drug-likeness (QED) is 0.704. The Labute approximate surface area is 101 Å². The maximum atomic E-state index is 5.42. The van der Waals surface area contributed by atoms with Crippen molar-refractivity contribution in [3.05, 3.63) is 18.1 Å². The van der Waals surface area contributed by atoms with Crippen molar-refractivity contribution in [1.29, 1.82) is 0 Å². The minimum Gasteiger partial charge on any atom is -0.388 e. The maximum absolute atomic E-state index is 5.42. The van der Waals surface area contributed by atoms with Crippen LogP contribution in [0.1, 0.15) is 12.6 Å². The number of rotatable bonds is 6. The second-order valence-corrected chi connectivity index (χ2v) is 3.91. The normalized spacial score (nSPS) is 10.4. The van der Waals surface area contributed by atoms with Gasteiger partial charge in [-0.05, 0) is 13.6 Å². The van der Waals surface area contributed by atoms with E-state index in [0.29, 0.717) is 5.69 Å². The molecule has 0 bridgehead atoms. The second kappa shape index (κ2) is 6.34. The first-order chi connectivity index (χ1) is 7.63. The molecule has 3 N–H and O–H groups in total. The van der Waals surface area contributed by atoms with Crippen LogP contribution in [0.3, 0.4) is 0 Å². The number of likely N-dealkylation sites (N-methyl/N-ethyl adjacent to an activating group) is 1. The van der Waals surface area contributed by atoms with Crippen LogP contribution in [0.5, 0.6) is 0 Å². The van der Waals surface area contributed by atoms with Gasteiger partial charge in [-0.25, -0.2) is 9.97 Å². The summed E-state index contributed by atoms with van der Waals surface area (Å²) in [6.45, 7) is 4.96. The number of thiocarbonyl (C=S) groups is 1. The molecular weight excluding hydrogens is 222 g/mol. The Bertz CT molecular complexity index is 338. The van der Waals surface area contributed by atoms with E-state index in [-0.39, 0.29) is 4.99 Å². The third-order valence-corrected chi connectivity index (χ3v) is 2.45. The Balaban J connectivity index is 2.40. The fraction of sp³-hybridized carbons (Fsp3) is 0.500.